The highest BCUT2D eigenvalue weighted by Crippen LogP contribution is 2.29. The molecule has 0 spiro atoms. The Bertz CT molecular complexity index is 250. The van der Waals surface area contributed by atoms with Crippen molar-refractivity contribution in [2.75, 3.05) is 26.2 Å². The minimum atomic E-state index is 0.117. The summed E-state index contributed by atoms with van der Waals surface area (Å²) >= 11 is 0. The standard InChI is InChI=1S/C13H24N2O/c1-13(6-3-9-16-13)10-14-11-5-8-15-7-2-4-12(11)15/h11-12,14H,2-10H2,1H3. The van der Waals surface area contributed by atoms with Crippen molar-refractivity contribution in [2.45, 2.75) is 56.7 Å². The van der Waals surface area contributed by atoms with Crippen LogP contribution < -0.4 is 5.32 Å². The van der Waals surface area contributed by atoms with Gasteiger partial charge in [-0.2, -0.15) is 0 Å². The van der Waals surface area contributed by atoms with Crippen LogP contribution in [0.3, 0.4) is 0 Å². The molecule has 3 saturated heterocycles. The maximum atomic E-state index is 5.84. The first kappa shape index (κ1) is 11.0. The number of hydrogen-bond acceptors (Lipinski definition) is 3. The Labute approximate surface area is 98.5 Å². The molecule has 92 valence electrons. The summed E-state index contributed by atoms with van der Waals surface area (Å²) in [7, 11) is 0. The van der Waals surface area contributed by atoms with Crippen molar-refractivity contribution in [1.29, 1.82) is 0 Å². The Morgan fingerprint density at radius 2 is 2.25 bits per heavy atom. The molecule has 0 aliphatic carbocycles. The average molecular weight is 224 g/mol. The Balaban J connectivity index is 1.51. The highest BCUT2D eigenvalue weighted by molar-refractivity contribution is 4.97. The lowest BCUT2D eigenvalue weighted by molar-refractivity contribution is 0.0181. The van der Waals surface area contributed by atoms with E-state index in [2.05, 4.69) is 17.1 Å². The van der Waals surface area contributed by atoms with E-state index < -0.39 is 0 Å². The van der Waals surface area contributed by atoms with Crippen molar-refractivity contribution in [1.82, 2.24) is 10.2 Å². The maximum absolute atomic E-state index is 5.84. The van der Waals surface area contributed by atoms with Crippen molar-refractivity contribution in [2.24, 2.45) is 0 Å². The van der Waals surface area contributed by atoms with Gasteiger partial charge in [0, 0.05) is 31.8 Å². The van der Waals surface area contributed by atoms with E-state index >= 15 is 0 Å². The summed E-state index contributed by atoms with van der Waals surface area (Å²) in [6.45, 7) is 6.89. The Hall–Kier alpha value is -0.120. The lowest BCUT2D eigenvalue weighted by atomic mass is 10.0. The predicted octanol–water partition coefficient (Wildman–Crippen LogP) is 1.38. The van der Waals surface area contributed by atoms with E-state index in [1.54, 1.807) is 0 Å². The highest BCUT2D eigenvalue weighted by atomic mass is 16.5. The van der Waals surface area contributed by atoms with Gasteiger partial charge in [-0.25, -0.2) is 0 Å². The van der Waals surface area contributed by atoms with Gasteiger partial charge in [-0.05, 0) is 45.6 Å². The summed E-state index contributed by atoms with van der Waals surface area (Å²) in [5.41, 5.74) is 0.117. The van der Waals surface area contributed by atoms with Crippen molar-refractivity contribution in [3.05, 3.63) is 0 Å². The molecule has 0 amide bonds. The molecule has 3 aliphatic heterocycles. The number of hydrogen-bond donors (Lipinski definition) is 1. The Morgan fingerprint density at radius 3 is 3.06 bits per heavy atom. The van der Waals surface area contributed by atoms with Crippen molar-refractivity contribution < 1.29 is 4.74 Å². The number of rotatable bonds is 3. The fraction of sp³-hybridized carbons (Fsp3) is 1.00. The van der Waals surface area contributed by atoms with E-state index in [1.807, 2.05) is 0 Å². The molecule has 3 nitrogen and oxygen atoms in total. The molecule has 3 atom stereocenters. The van der Waals surface area contributed by atoms with Crippen LogP contribution in [0.5, 0.6) is 0 Å². The van der Waals surface area contributed by atoms with Crippen LogP contribution in [0, 0.1) is 0 Å². The zero-order chi connectivity index (χ0) is 11.0. The summed E-state index contributed by atoms with van der Waals surface area (Å²) in [4.78, 5) is 2.66. The molecular weight excluding hydrogens is 200 g/mol. The normalized spacial score (nSPS) is 44.1. The summed E-state index contributed by atoms with van der Waals surface area (Å²) in [5, 5.41) is 3.77. The third-order valence-electron chi connectivity index (χ3n) is 4.64. The lowest BCUT2D eigenvalue weighted by Crippen LogP contribution is -2.46. The fourth-order valence-electron chi connectivity index (χ4n) is 3.64. The van der Waals surface area contributed by atoms with Gasteiger partial charge in [0.2, 0.25) is 0 Å². The molecule has 3 heterocycles. The smallest absolute Gasteiger partial charge is 0.0779 e. The summed E-state index contributed by atoms with van der Waals surface area (Å²) < 4.78 is 5.84. The van der Waals surface area contributed by atoms with Gasteiger partial charge in [-0.1, -0.05) is 0 Å². The highest BCUT2D eigenvalue weighted by Gasteiger charge is 2.38. The molecule has 0 saturated carbocycles. The molecule has 0 aromatic rings. The van der Waals surface area contributed by atoms with E-state index in [4.69, 9.17) is 4.74 Å². The fourth-order valence-corrected chi connectivity index (χ4v) is 3.64. The van der Waals surface area contributed by atoms with E-state index in [1.165, 1.54) is 45.2 Å². The summed E-state index contributed by atoms with van der Waals surface area (Å²) in [5.74, 6) is 0. The van der Waals surface area contributed by atoms with Crippen LogP contribution in [0.2, 0.25) is 0 Å². The maximum Gasteiger partial charge on any atom is 0.0779 e. The van der Waals surface area contributed by atoms with Gasteiger partial charge in [0.25, 0.3) is 0 Å². The van der Waals surface area contributed by atoms with Crippen molar-refractivity contribution in [3.8, 4) is 0 Å². The molecular formula is C13H24N2O. The average Bonchev–Trinajstić information content (AvgIpc) is 2.91. The first-order valence-electron chi connectivity index (χ1n) is 6.88. The molecule has 0 radical (unpaired) electrons. The van der Waals surface area contributed by atoms with Gasteiger partial charge >= 0.3 is 0 Å². The zero-order valence-corrected chi connectivity index (χ0v) is 10.4. The molecule has 0 bridgehead atoms. The quantitative estimate of drug-likeness (QED) is 0.784. The van der Waals surface area contributed by atoms with Crippen LogP contribution in [-0.2, 0) is 4.74 Å². The van der Waals surface area contributed by atoms with E-state index in [9.17, 15) is 0 Å². The minimum absolute atomic E-state index is 0.117. The summed E-state index contributed by atoms with van der Waals surface area (Å²) in [6, 6.07) is 1.55. The zero-order valence-electron chi connectivity index (χ0n) is 10.4. The van der Waals surface area contributed by atoms with Gasteiger partial charge in [0.05, 0.1) is 5.60 Å². The largest absolute Gasteiger partial charge is 0.374 e. The Morgan fingerprint density at radius 1 is 1.31 bits per heavy atom. The van der Waals surface area contributed by atoms with Crippen LogP contribution in [0.15, 0.2) is 0 Å². The topological polar surface area (TPSA) is 24.5 Å². The van der Waals surface area contributed by atoms with Crippen molar-refractivity contribution >= 4 is 0 Å². The van der Waals surface area contributed by atoms with Crippen LogP contribution in [-0.4, -0.2) is 48.8 Å². The molecule has 0 aromatic carbocycles. The van der Waals surface area contributed by atoms with Gasteiger partial charge in [-0.3, -0.25) is 4.90 Å². The van der Waals surface area contributed by atoms with Gasteiger partial charge in [0.15, 0.2) is 0 Å². The number of ether oxygens (including phenoxy) is 1. The number of nitrogens with one attached hydrogen (secondary N) is 1. The second kappa shape index (κ2) is 4.28. The molecule has 0 aromatic heterocycles. The predicted molar refractivity (Wildman–Crippen MR) is 64.6 cm³/mol. The third-order valence-corrected chi connectivity index (χ3v) is 4.64. The monoisotopic (exact) mass is 224 g/mol. The molecule has 1 N–H and O–H groups in total. The first-order valence-corrected chi connectivity index (χ1v) is 6.88. The molecule has 16 heavy (non-hydrogen) atoms. The minimum Gasteiger partial charge on any atom is -0.374 e. The van der Waals surface area contributed by atoms with E-state index in [0.29, 0.717) is 0 Å². The van der Waals surface area contributed by atoms with Crippen LogP contribution in [0.1, 0.15) is 39.0 Å². The van der Waals surface area contributed by atoms with Crippen LogP contribution in [0.4, 0.5) is 0 Å². The van der Waals surface area contributed by atoms with E-state index in [0.717, 1.165) is 25.2 Å². The molecule has 3 rings (SSSR count). The molecule has 3 heteroatoms. The SMILES string of the molecule is CC1(CNC2CCN3CCCC23)CCCO1. The number of fused-ring (bicyclic) bond motifs is 1. The lowest BCUT2D eigenvalue weighted by Gasteiger charge is -2.28. The second-order valence-electron chi connectivity index (χ2n) is 5.92. The number of nitrogens with zero attached hydrogens (tertiary/aromatic N) is 1. The molecule has 3 aliphatic rings. The van der Waals surface area contributed by atoms with E-state index in [-0.39, 0.29) is 5.60 Å². The van der Waals surface area contributed by atoms with Crippen molar-refractivity contribution in [3.63, 3.8) is 0 Å². The first-order chi connectivity index (χ1) is 7.77. The third kappa shape index (κ3) is 2.01. The van der Waals surface area contributed by atoms with Crippen LogP contribution in [0.25, 0.3) is 0 Å². The van der Waals surface area contributed by atoms with Gasteiger partial charge < -0.3 is 10.1 Å². The van der Waals surface area contributed by atoms with Crippen LogP contribution >= 0.6 is 0 Å². The van der Waals surface area contributed by atoms with Gasteiger partial charge in [-0.15, -0.1) is 0 Å². The second-order valence-corrected chi connectivity index (χ2v) is 5.92. The molecule has 3 unspecified atom stereocenters. The van der Waals surface area contributed by atoms with Gasteiger partial charge in [0.1, 0.15) is 0 Å². The molecule has 3 fully saturated rings. The summed E-state index contributed by atoms with van der Waals surface area (Å²) in [6.07, 6.45) is 6.59. The Kier molecular flexibility index (Phi) is 2.94.